The highest BCUT2D eigenvalue weighted by molar-refractivity contribution is 6.19. The fourth-order valence-electron chi connectivity index (χ4n) is 5.64. The molecular formula is C33H25NO. The molecule has 0 saturated heterocycles. The molecule has 0 bridgehead atoms. The van der Waals surface area contributed by atoms with Gasteiger partial charge in [-0.15, -0.1) is 0 Å². The number of fused-ring (bicyclic) bond motifs is 6. The topological polar surface area (TPSA) is 39.2 Å². The van der Waals surface area contributed by atoms with Gasteiger partial charge in [-0.2, -0.15) is 0 Å². The van der Waals surface area contributed by atoms with Crippen LogP contribution in [0, 0.1) is 5.92 Å². The second kappa shape index (κ2) is 7.97. The van der Waals surface area contributed by atoms with Crippen LogP contribution in [0.1, 0.15) is 12.0 Å². The normalized spacial score (nSPS) is 17.4. The molecule has 2 aliphatic carbocycles. The van der Waals surface area contributed by atoms with E-state index in [9.17, 15) is 0 Å². The largest absolute Gasteiger partial charge is 0.455 e. The number of rotatable bonds is 3. The Morgan fingerprint density at radius 3 is 2.37 bits per heavy atom. The fourth-order valence-corrected chi connectivity index (χ4v) is 5.64. The van der Waals surface area contributed by atoms with Gasteiger partial charge in [-0.3, -0.25) is 0 Å². The Kier molecular flexibility index (Phi) is 4.61. The van der Waals surface area contributed by atoms with Crippen molar-refractivity contribution in [3.8, 4) is 11.1 Å². The molecule has 0 radical (unpaired) electrons. The Hall–Kier alpha value is -4.14. The molecule has 0 aliphatic heterocycles. The standard InChI is InChI=1S/C33H25NO/c34-20-25-17-23-7-1-2-8-24(23)18-29(25)21-13-15-22(16-14-21)30-19-31-27-10-5-6-12-32(27)35-33(31)28-11-4-3-9-26(28)30/h1-7,9-19,24H,8,20,34H2. The van der Waals surface area contributed by atoms with E-state index in [1.54, 1.807) is 0 Å². The van der Waals surface area contributed by atoms with Crippen LogP contribution < -0.4 is 5.73 Å². The van der Waals surface area contributed by atoms with Gasteiger partial charge in [0.1, 0.15) is 11.2 Å². The van der Waals surface area contributed by atoms with Gasteiger partial charge in [0.25, 0.3) is 0 Å². The number of para-hydroxylation sites is 1. The summed E-state index contributed by atoms with van der Waals surface area (Å²) in [7, 11) is 0. The smallest absolute Gasteiger partial charge is 0.143 e. The van der Waals surface area contributed by atoms with E-state index in [1.807, 2.05) is 12.1 Å². The Balaban J connectivity index is 1.37. The minimum Gasteiger partial charge on any atom is -0.455 e. The molecule has 1 unspecified atom stereocenters. The van der Waals surface area contributed by atoms with Gasteiger partial charge in [-0.05, 0) is 57.3 Å². The van der Waals surface area contributed by atoms with Gasteiger partial charge in [-0.25, -0.2) is 0 Å². The van der Waals surface area contributed by atoms with Crippen molar-refractivity contribution in [2.24, 2.45) is 11.7 Å². The van der Waals surface area contributed by atoms with Crippen LogP contribution in [-0.4, -0.2) is 6.54 Å². The summed E-state index contributed by atoms with van der Waals surface area (Å²) in [6.07, 6.45) is 12.3. The monoisotopic (exact) mass is 451 g/mol. The predicted octanol–water partition coefficient (Wildman–Crippen LogP) is 8.19. The molecule has 4 aromatic carbocycles. The van der Waals surface area contributed by atoms with E-state index in [0.717, 1.165) is 33.7 Å². The van der Waals surface area contributed by atoms with Crippen molar-refractivity contribution in [2.75, 3.05) is 6.54 Å². The molecule has 2 heteroatoms. The highest BCUT2D eigenvalue weighted by Gasteiger charge is 2.21. The molecule has 0 saturated carbocycles. The number of furan rings is 1. The molecule has 1 aromatic heterocycles. The summed E-state index contributed by atoms with van der Waals surface area (Å²) in [6.45, 7) is 0.538. The van der Waals surface area contributed by atoms with Crippen molar-refractivity contribution < 1.29 is 4.42 Å². The van der Waals surface area contributed by atoms with Crippen LogP contribution in [0.25, 0.3) is 49.4 Å². The Bertz CT molecular complexity index is 1740. The van der Waals surface area contributed by atoms with Crippen molar-refractivity contribution >= 4 is 38.3 Å². The summed E-state index contributed by atoms with van der Waals surface area (Å²) in [6, 6.07) is 28.1. The van der Waals surface area contributed by atoms with Crippen LogP contribution in [-0.2, 0) is 0 Å². The molecule has 0 amide bonds. The lowest BCUT2D eigenvalue weighted by molar-refractivity contribution is 0.672. The summed E-state index contributed by atoms with van der Waals surface area (Å²) >= 11 is 0. The number of allylic oxidation sites excluding steroid dienone is 6. The Labute approximate surface area is 204 Å². The van der Waals surface area contributed by atoms with Gasteiger partial charge in [0, 0.05) is 28.6 Å². The van der Waals surface area contributed by atoms with Crippen LogP contribution in [0.2, 0.25) is 0 Å². The van der Waals surface area contributed by atoms with E-state index in [4.69, 9.17) is 10.2 Å². The molecule has 1 heterocycles. The van der Waals surface area contributed by atoms with Gasteiger partial charge in [0.2, 0.25) is 0 Å². The third-order valence-corrected chi connectivity index (χ3v) is 7.41. The van der Waals surface area contributed by atoms with E-state index < -0.39 is 0 Å². The minimum absolute atomic E-state index is 0.436. The summed E-state index contributed by atoms with van der Waals surface area (Å²) in [4.78, 5) is 0. The van der Waals surface area contributed by atoms with E-state index in [2.05, 4.69) is 97.1 Å². The first-order chi connectivity index (χ1) is 17.3. The highest BCUT2D eigenvalue weighted by atomic mass is 16.3. The lowest BCUT2D eigenvalue weighted by atomic mass is 9.80. The lowest BCUT2D eigenvalue weighted by Crippen LogP contribution is -2.14. The first kappa shape index (κ1) is 20.3. The maximum atomic E-state index is 6.29. The van der Waals surface area contributed by atoms with Crippen LogP contribution in [0.4, 0.5) is 0 Å². The molecule has 1 atom stereocenters. The van der Waals surface area contributed by atoms with E-state index in [-0.39, 0.29) is 0 Å². The predicted molar refractivity (Wildman–Crippen MR) is 147 cm³/mol. The van der Waals surface area contributed by atoms with Gasteiger partial charge >= 0.3 is 0 Å². The van der Waals surface area contributed by atoms with Crippen LogP contribution in [0.5, 0.6) is 0 Å². The number of benzene rings is 4. The molecular weight excluding hydrogens is 426 g/mol. The highest BCUT2D eigenvalue weighted by Crippen LogP contribution is 2.41. The zero-order valence-corrected chi connectivity index (χ0v) is 19.4. The van der Waals surface area contributed by atoms with E-state index in [0.29, 0.717) is 12.5 Å². The first-order valence-corrected chi connectivity index (χ1v) is 12.2. The average molecular weight is 452 g/mol. The van der Waals surface area contributed by atoms with Gasteiger partial charge in [0.05, 0.1) is 0 Å². The van der Waals surface area contributed by atoms with Crippen LogP contribution >= 0.6 is 0 Å². The molecule has 35 heavy (non-hydrogen) atoms. The zero-order chi connectivity index (χ0) is 23.4. The zero-order valence-electron chi connectivity index (χ0n) is 19.4. The third-order valence-electron chi connectivity index (χ3n) is 7.41. The molecule has 2 N–H and O–H groups in total. The number of nitrogens with two attached hydrogens (primary N) is 1. The quantitative estimate of drug-likeness (QED) is 0.300. The summed E-state index contributed by atoms with van der Waals surface area (Å²) in [5, 5.41) is 4.66. The maximum Gasteiger partial charge on any atom is 0.143 e. The maximum absolute atomic E-state index is 6.29. The van der Waals surface area contributed by atoms with E-state index >= 15 is 0 Å². The molecule has 7 rings (SSSR count). The third kappa shape index (κ3) is 3.22. The lowest BCUT2D eigenvalue weighted by Gasteiger charge is -2.25. The van der Waals surface area contributed by atoms with Crippen molar-refractivity contribution in [2.45, 2.75) is 6.42 Å². The molecule has 168 valence electrons. The van der Waals surface area contributed by atoms with E-state index in [1.165, 1.54) is 38.8 Å². The second-order valence-electron chi connectivity index (χ2n) is 9.41. The van der Waals surface area contributed by atoms with Crippen LogP contribution in [0.15, 0.2) is 125 Å². The molecule has 2 aliphatic rings. The summed E-state index contributed by atoms with van der Waals surface area (Å²) in [5.41, 5.74) is 15.5. The average Bonchev–Trinajstić information content (AvgIpc) is 3.31. The van der Waals surface area contributed by atoms with Crippen molar-refractivity contribution in [3.05, 3.63) is 126 Å². The summed E-state index contributed by atoms with van der Waals surface area (Å²) < 4.78 is 6.29. The Morgan fingerprint density at radius 2 is 1.54 bits per heavy atom. The number of hydrogen-bond donors (Lipinski definition) is 1. The number of hydrogen-bond acceptors (Lipinski definition) is 2. The van der Waals surface area contributed by atoms with Crippen molar-refractivity contribution in [1.82, 2.24) is 0 Å². The van der Waals surface area contributed by atoms with Crippen molar-refractivity contribution in [1.29, 1.82) is 0 Å². The van der Waals surface area contributed by atoms with Gasteiger partial charge in [0.15, 0.2) is 0 Å². The van der Waals surface area contributed by atoms with Gasteiger partial charge < -0.3 is 10.2 Å². The van der Waals surface area contributed by atoms with Gasteiger partial charge in [-0.1, -0.05) is 97.1 Å². The molecule has 0 fully saturated rings. The fraction of sp³-hybridized carbons (Fsp3) is 0.0909. The van der Waals surface area contributed by atoms with Crippen molar-refractivity contribution in [3.63, 3.8) is 0 Å². The summed E-state index contributed by atoms with van der Waals surface area (Å²) in [5.74, 6) is 0.436. The molecule has 0 spiro atoms. The SMILES string of the molecule is NCC1=CC2=CC=CCC2C=C1c1ccc(-c2cc3c4ccccc4oc3c3ccccc23)cc1. The first-order valence-electron chi connectivity index (χ1n) is 12.2. The minimum atomic E-state index is 0.436. The second-order valence-corrected chi connectivity index (χ2v) is 9.41. The molecule has 5 aromatic rings. The molecule has 2 nitrogen and oxygen atoms in total. The van der Waals surface area contributed by atoms with Crippen LogP contribution in [0.3, 0.4) is 0 Å². The Morgan fingerprint density at radius 1 is 0.800 bits per heavy atom.